The predicted molar refractivity (Wildman–Crippen MR) is 89.0 cm³/mol. The minimum absolute atomic E-state index is 0.978. The maximum atomic E-state index is 3.70. The van der Waals surface area contributed by atoms with E-state index in [0.717, 1.165) is 23.7 Å². The molecule has 0 aliphatic heterocycles. The van der Waals surface area contributed by atoms with Crippen molar-refractivity contribution < 1.29 is 0 Å². The minimum atomic E-state index is 0.978. The van der Waals surface area contributed by atoms with E-state index in [0.29, 0.717) is 0 Å². The predicted octanol–water partition coefficient (Wildman–Crippen LogP) is 5.40. The molecule has 2 rings (SSSR count). The molecule has 20 heavy (non-hydrogen) atoms. The van der Waals surface area contributed by atoms with E-state index in [1.807, 2.05) is 0 Å². The second-order valence-electron chi connectivity index (χ2n) is 7.55. The topological polar surface area (TPSA) is 12.0 Å². The Balaban J connectivity index is 1.83. The summed E-state index contributed by atoms with van der Waals surface area (Å²) < 4.78 is 0. The molecule has 0 bridgehead atoms. The van der Waals surface area contributed by atoms with E-state index in [1.54, 1.807) is 6.42 Å². The van der Waals surface area contributed by atoms with Crippen LogP contribution in [-0.2, 0) is 0 Å². The van der Waals surface area contributed by atoms with Crippen molar-refractivity contribution in [3.63, 3.8) is 0 Å². The summed E-state index contributed by atoms with van der Waals surface area (Å²) in [5.74, 6) is 4.11. The summed E-state index contributed by atoms with van der Waals surface area (Å²) in [6.45, 7) is 7.18. The van der Waals surface area contributed by atoms with Gasteiger partial charge in [0.2, 0.25) is 0 Å². The molecule has 1 nitrogen and oxygen atoms in total. The molecule has 0 spiro atoms. The number of rotatable bonds is 7. The van der Waals surface area contributed by atoms with Gasteiger partial charge in [-0.3, -0.25) is 0 Å². The van der Waals surface area contributed by atoms with Gasteiger partial charge in [0.25, 0.3) is 0 Å². The highest BCUT2D eigenvalue weighted by Gasteiger charge is 2.31. The molecule has 118 valence electrons. The normalized spacial score (nSPS) is 32.4. The van der Waals surface area contributed by atoms with Crippen molar-refractivity contribution in [2.24, 2.45) is 23.7 Å². The fraction of sp³-hybridized carbons (Fsp3) is 1.00. The van der Waals surface area contributed by atoms with Crippen LogP contribution in [0.3, 0.4) is 0 Å². The van der Waals surface area contributed by atoms with Crippen molar-refractivity contribution in [2.45, 2.75) is 84.5 Å². The zero-order valence-electron chi connectivity index (χ0n) is 14.0. The first-order valence-electron chi connectivity index (χ1n) is 9.54. The zero-order chi connectivity index (χ0) is 14.2. The Morgan fingerprint density at radius 3 is 2.35 bits per heavy atom. The molecular weight excluding hydrogens is 242 g/mol. The van der Waals surface area contributed by atoms with E-state index < -0.39 is 0 Å². The van der Waals surface area contributed by atoms with Gasteiger partial charge in [0.1, 0.15) is 0 Å². The summed E-state index contributed by atoms with van der Waals surface area (Å²) in [6, 6.07) is 0. The molecule has 0 amide bonds. The SMILES string of the molecule is CCCNCC1CCC(CC)CC1CC1CCCCC1. The Bertz CT molecular complexity index is 242. The van der Waals surface area contributed by atoms with Gasteiger partial charge in [0, 0.05) is 0 Å². The molecule has 2 saturated carbocycles. The van der Waals surface area contributed by atoms with Crippen LogP contribution in [0.1, 0.15) is 84.5 Å². The molecule has 3 unspecified atom stereocenters. The molecule has 0 radical (unpaired) electrons. The molecule has 2 aliphatic rings. The molecule has 0 aromatic heterocycles. The van der Waals surface area contributed by atoms with Crippen LogP contribution in [0.15, 0.2) is 0 Å². The first-order chi connectivity index (χ1) is 9.83. The Labute approximate surface area is 127 Å². The summed E-state index contributed by atoms with van der Waals surface area (Å²) in [5.41, 5.74) is 0. The van der Waals surface area contributed by atoms with Crippen LogP contribution in [0.4, 0.5) is 0 Å². The van der Waals surface area contributed by atoms with E-state index >= 15 is 0 Å². The maximum Gasteiger partial charge on any atom is -0.00179 e. The van der Waals surface area contributed by atoms with Crippen LogP contribution in [0.25, 0.3) is 0 Å². The first-order valence-corrected chi connectivity index (χ1v) is 9.54. The number of hydrogen-bond acceptors (Lipinski definition) is 1. The summed E-state index contributed by atoms with van der Waals surface area (Å²) in [4.78, 5) is 0. The van der Waals surface area contributed by atoms with Gasteiger partial charge in [-0.05, 0) is 62.4 Å². The Morgan fingerprint density at radius 2 is 1.65 bits per heavy atom. The smallest absolute Gasteiger partial charge is 0.00179 e. The standard InChI is InChI=1S/C19H37N/c1-3-12-20-15-18-11-10-16(4-2)13-19(18)14-17-8-6-5-7-9-17/h16-20H,3-15H2,1-2H3. The van der Waals surface area contributed by atoms with Crippen molar-refractivity contribution >= 4 is 0 Å². The molecular formula is C19H37N. The molecule has 0 heterocycles. The van der Waals surface area contributed by atoms with Gasteiger partial charge < -0.3 is 5.32 Å². The van der Waals surface area contributed by atoms with Crippen LogP contribution in [0.5, 0.6) is 0 Å². The molecule has 0 saturated heterocycles. The van der Waals surface area contributed by atoms with Gasteiger partial charge >= 0.3 is 0 Å². The molecule has 3 atom stereocenters. The Kier molecular flexibility index (Phi) is 7.41. The lowest BCUT2D eigenvalue weighted by Crippen LogP contribution is -2.34. The van der Waals surface area contributed by atoms with E-state index in [-0.39, 0.29) is 0 Å². The summed E-state index contributed by atoms with van der Waals surface area (Å²) in [5, 5.41) is 3.70. The Morgan fingerprint density at radius 1 is 0.850 bits per heavy atom. The van der Waals surface area contributed by atoms with Gasteiger partial charge in [-0.15, -0.1) is 0 Å². The van der Waals surface area contributed by atoms with E-state index in [4.69, 9.17) is 0 Å². The summed E-state index contributed by atoms with van der Waals surface area (Å²) >= 11 is 0. The first kappa shape index (κ1) is 16.3. The molecule has 2 fully saturated rings. The third kappa shape index (κ3) is 5.06. The number of hydrogen-bond donors (Lipinski definition) is 1. The van der Waals surface area contributed by atoms with Crippen molar-refractivity contribution in [1.82, 2.24) is 5.32 Å². The maximum absolute atomic E-state index is 3.70. The van der Waals surface area contributed by atoms with Crippen LogP contribution in [0, 0.1) is 23.7 Å². The lowest BCUT2D eigenvalue weighted by molar-refractivity contribution is 0.134. The zero-order valence-corrected chi connectivity index (χ0v) is 14.0. The van der Waals surface area contributed by atoms with E-state index in [9.17, 15) is 0 Å². The van der Waals surface area contributed by atoms with Gasteiger partial charge in [-0.25, -0.2) is 0 Å². The van der Waals surface area contributed by atoms with Crippen molar-refractivity contribution in [2.75, 3.05) is 13.1 Å². The quantitative estimate of drug-likeness (QED) is 0.615. The summed E-state index contributed by atoms with van der Waals surface area (Å²) in [6.07, 6.45) is 16.3. The van der Waals surface area contributed by atoms with E-state index in [2.05, 4.69) is 19.2 Å². The highest BCUT2D eigenvalue weighted by molar-refractivity contribution is 4.83. The number of nitrogens with one attached hydrogen (secondary N) is 1. The fourth-order valence-electron chi connectivity index (χ4n) is 4.67. The highest BCUT2D eigenvalue weighted by Crippen LogP contribution is 2.41. The lowest BCUT2D eigenvalue weighted by atomic mass is 9.68. The second kappa shape index (κ2) is 9.07. The largest absolute Gasteiger partial charge is 0.316 e. The average molecular weight is 280 g/mol. The van der Waals surface area contributed by atoms with Gasteiger partial charge in [0.15, 0.2) is 0 Å². The summed E-state index contributed by atoms with van der Waals surface area (Å²) in [7, 11) is 0. The molecule has 1 N–H and O–H groups in total. The Hall–Kier alpha value is -0.0400. The molecule has 2 aliphatic carbocycles. The van der Waals surface area contributed by atoms with Gasteiger partial charge in [-0.1, -0.05) is 58.8 Å². The van der Waals surface area contributed by atoms with Crippen LogP contribution >= 0.6 is 0 Å². The average Bonchev–Trinajstić information content (AvgIpc) is 2.50. The van der Waals surface area contributed by atoms with Crippen molar-refractivity contribution in [3.8, 4) is 0 Å². The van der Waals surface area contributed by atoms with Crippen molar-refractivity contribution in [1.29, 1.82) is 0 Å². The third-order valence-corrected chi connectivity index (χ3v) is 6.02. The van der Waals surface area contributed by atoms with Crippen LogP contribution in [0.2, 0.25) is 0 Å². The van der Waals surface area contributed by atoms with Crippen molar-refractivity contribution in [3.05, 3.63) is 0 Å². The monoisotopic (exact) mass is 279 g/mol. The minimum Gasteiger partial charge on any atom is -0.316 e. The third-order valence-electron chi connectivity index (χ3n) is 6.02. The second-order valence-corrected chi connectivity index (χ2v) is 7.55. The molecule has 0 aromatic carbocycles. The van der Waals surface area contributed by atoms with E-state index in [1.165, 1.54) is 77.3 Å². The van der Waals surface area contributed by atoms with Gasteiger partial charge in [-0.2, -0.15) is 0 Å². The highest BCUT2D eigenvalue weighted by atomic mass is 14.9. The lowest BCUT2D eigenvalue weighted by Gasteiger charge is -2.38. The molecule has 0 aromatic rings. The van der Waals surface area contributed by atoms with Gasteiger partial charge in [0.05, 0.1) is 0 Å². The molecule has 1 heteroatoms. The fourth-order valence-corrected chi connectivity index (χ4v) is 4.67. The van der Waals surface area contributed by atoms with Crippen LogP contribution in [-0.4, -0.2) is 13.1 Å². The van der Waals surface area contributed by atoms with Crippen LogP contribution < -0.4 is 5.32 Å².